The molecule has 2 heterocycles. The van der Waals surface area contributed by atoms with E-state index in [0.717, 1.165) is 32.4 Å². The number of likely N-dealkylation sites (tertiary alicyclic amines) is 1. The molecule has 3 atom stereocenters. The Balaban J connectivity index is 1.55. The van der Waals surface area contributed by atoms with Crippen LogP contribution in [0.4, 0.5) is 15.9 Å². The Morgan fingerprint density at radius 1 is 1.31 bits per heavy atom. The Morgan fingerprint density at radius 2 is 2.07 bits per heavy atom. The van der Waals surface area contributed by atoms with E-state index in [1.54, 1.807) is 35.1 Å². The SMILES string of the molecule is N#C[C@H]1C[C@@H](N2CCC2)CC[C@@H]1n1cc(C(N)=O)c(Nc2ccc(CF)cc2)n1. The topological polar surface area (TPSA) is 100.0 Å². The number of hydrogen-bond donors (Lipinski definition) is 2. The number of amides is 1. The second-order valence-corrected chi connectivity index (χ2v) is 7.85. The molecule has 152 valence electrons. The molecule has 1 saturated carbocycles. The second kappa shape index (κ2) is 8.21. The summed E-state index contributed by atoms with van der Waals surface area (Å²) in [5.74, 6) is -0.388. The first-order chi connectivity index (χ1) is 14.1. The monoisotopic (exact) mass is 396 g/mol. The maximum absolute atomic E-state index is 12.7. The van der Waals surface area contributed by atoms with Crippen LogP contribution >= 0.6 is 0 Å². The van der Waals surface area contributed by atoms with E-state index in [1.807, 2.05) is 0 Å². The van der Waals surface area contributed by atoms with Crippen LogP contribution in [0.15, 0.2) is 30.5 Å². The van der Waals surface area contributed by atoms with E-state index in [-0.39, 0.29) is 17.5 Å². The Hall–Kier alpha value is -2.92. The van der Waals surface area contributed by atoms with Crippen LogP contribution in [0.25, 0.3) is 0 Å². The van der Waals surface area contributed by atoms with E-state index in [2.05, 4.69) is 21.4 Å². The van der Waals surface area contributed by atoms with Crippen LogP contribution in [0.5, 0.6) is 0 Å². The second-order valence-electron chi connectivity index (χ2n) is 7.85. The summed E-state index contributed by atoms with van der Waals surface area (Å²) >= 11 is 0. The molecular formula is C21H25FN6O. The molecule has 3 N–H and O–H groups in total. The largest absolute Gasteiger partial charge is 0.365 e. The first-order valence-electron chi connectivity index (χ1n) is 10.0. The van der Waals surface area contributed by atoms with E-state index < -0.39 is 12.6 Å². The number of carbonyl (C=O) groups excluding carboxylic acids is 1. The van der Waals surface area contributed by atoms with Crippen molar-refractivity contribution in [3.63, 3.8) is 0 Å². The molecule has 4 rings (SSSR count). The molecule has 29 heavy (non-hydrogen) atoms. The fraction of sp³-hybridized carbons (Fsp3) is 0.476. The van der Waals surface area contributed by atoms with Crippen LogP contribution in [0.1, 0.15) is 47.6 Å². The normalized spacial score (nSPS) is 24.5. The van der Waals surface area contributed by atoms with Gasteiger partial charge in [-0.2, -0.15) is 10.4 Å². The van der Waals surface area contributed by atoms with Crippen molar-refractivity contribution in [3.05, 3.63) is 41.6 Å². The lowest BCUT2D eigenvalue weighted by atomic mass is 9.81. The minimum atomic E-state index is -0.582. The molecule has 8 heteroatoms. The summed E-state index contributed by atoms with van der Waals surface area (Å²) in [6.07, 6.45) is 5.55. The zero-order valence-corrected chi connectivity index (χ0v) is 16.2. The van der Waals surface area contributed by atoms with Crippen molar-refractivity contribution in [2.45, 2.75) is 44.4 Å². The van der Waals surface area contributed by atoms with E-state index in [1.165, 1.54) is 6.42 Å². The van der Waals surface area contributed by atoms with Gasteiger partial charge in [-0.25, -0.2) is 4.39 Å². The number of halogens is 1. The Labute approximate surface area is 169 Å². The molecule has 7 nitrogen and oxygen atoms in total. The van der Waals surface area contributed by atoms with Crippen LogP contribution in [0.3, 0.4) is 0 Å². The number of nitriles is 1. The number of carbonyl (C=O) groups is 1. The molecule has 1 aliphatic heterocycles. The Kier molecular flexibility index (Phi) is 5.49. The molecule has 2 fully saturated rings. The fourth-order valence-electron chi connectivity index (χ4n) is 4.27. The zero-order chi connectivity index (χ0) is 20.4. The van der Waals surface area contributed by atoms with Crippen molar-refractivity contribution in [1.82, 2.24) is 14.7 Å². The van der Waals surface area contributed by atoms with Crippen LogP contribution in [0, 0.1) is 17.2 Å². The lowest BCUT2D eigenvalue weighted by Gasteiger charge is -2.43. The highest BCUT2D eigenvalue weighted by Crippen LogP contribution is 2.37. The van der Waals surface area contributed by atoms with Gasteiger partial charge in [0.15, 0.2) is 5.82 Å². The molecule has 0 bridgehead atoms. The van der Waals surface area contributed by atoms with Crippen molar-refractivity contribution in [3.8, 4) is 6.07 Å². The number of hydrogen-bond acceptors (Lipinski definition) is 5. The van der Waals surface area contributed by atoms with Gasteiger partial charge in [0.2, 0.25) is 0 Å². The third kappa shape index (κ3) is 3.96. The lowest BCUT2D eigenvalue weighted by Crippen LogP contribution is -2.48. The summed E-state index contributed by atoms with van der Waals surface area (Å²) in [4.78, 5) is 14.4. The molecule has 1 aliphatic carbocycles. The van der Waals surface area contributed by atoms with E-state index in [9.17, 15) is 14.4 Å². The molecule has 1 aromatic heterocycles. The van der Waals surface area contributed by atoms with Crippen LogP contribution in [-0.4, -0.2) is 39.7 Å². The van der Waals surface area contributed by atoms with Gasteiger partial charge in [-0.15, -0.1) is 0 Å². The van der Waals surface area contributed by atoms with E-state index >= 15 is 0 Å². The predicted molar refractivity (Wildman–Crippen MR) is 107 cm³/mol. The van der Waals surface area contributed by atoms with E-state index in [4.69, 9.17) is 5.73 Å². The molecule has 1 amide bonds. The molecule has 0 spiro atoms. The van der Waals surface area contributed by atoms with Crippen molar-refractivity contribution in [2.24, 2.45) is 11.7 Å². The van der Waals surface area contributed by atoms with E-state index in [0.29, 0.717) is 23.1 Å². The van der Waals surface area contributed by atoms with Gasteiger partial charge in [0.25, 0.3) is 5.91 Å². The number of nitrogens with two attached hydrogens (primary N) is 1. The quantitative estimate of drug-likeness (QED) is 0.781. The number of nitrogens with zero attached hydrogens (tertiary/aromatic N) is 4. The first-order valence-corrected chi connectivity index (χ1v) is 10.0. The summed E-state index contributed by atoms with van der Waals surface area (Å²) in [6.45, 7) is 1.71. The summed E-state index contributed by atoms with van der Waals surface area (Å²) < 4.78 is 14.4. The smallest absolute Gasteiger partial charge is 0.254 e. The molecule has 0 radical (unpaired) electrons. The minimum Gasteiger partial charge on any atom is -0.365 e. The van der Waals surface area contributed by atoms with Gasteiger partial charge < -0.3 is 16.0 Å². The molecule has 1 aromatic carbocycles. The lowest BCUT2D eigenvalue weighted by molar-refractivity contribution is 0.0649. The number of benzene rings is 1. The van der Waals surface area contributed by atoms with Crippen LogP contribution in [-0.2, 0) is 6.67 Å². The summed E-state index contributed by atoms with van der Waals surface area (Å²) in [5, 5.41) is 17.4. The average molecular weight is 396 g/mol. The highest BCUT2D eigenvalue weighted by molar-refractivity contribution is 5.98. The third-order valence-electron chi connectivity index (χ3n) is 6.07. The van der Waals surface area contributed by atoms with Crippen LogP contribution < -0.4 is 11.1 Å². The zero-order valence-electron chi connectivity index (χ0n) is 16.2. The number of rotatable bonds is 6. The highest BCUT2D eigenvalue weighted by Gasteiger charge is 2.36. The Morgan fingerprint density at radius 3 is 2.66 bits per heavy atom. The molecule has 1 saturated heterocycles. The standard InChI is InChI=1S/C21H25FN6O/c22-11-14-2-4-16(5-3-14)25-21-18(20(24)29)13-28(26-21)19-7-6-17(10-15(19)12-23)27-8-1-9-27/h2-5,13,15,17,19H,1,6-11H2,(H2,24,29)(H,25,26)/t15-,17+,19+/m1/s1. The van der Waals surface area contributed by atoms with Gasteiger partial charge in [0.1, 0.15) is 12.2 Å². The van der Waals surface area contributed by atoms with Gasteiger partial charge in [0.05, 0.1) is 18.0 Å². The first kappa shape index (κ1) is 19.4. The number of alkyl halides is 1. The van der Waals surface area contributed by atoms with Crippen molar-refractivity contribution < 1.29 is 9.18 Å². The summed E-state index contributed by atoms with van der Waals surface area (Å²) in [7, 11) is 0. The average Bonchev–Trinajstić information content (AvgIpc) is 3.11. The number of aromatic nitrogens is 2. The Bertz CT molecular complexity index is 914. The van der Waals surface area contributed by atoms with Crippen molar-refractivity contribution >= 4 is 17.4 Å². The minimum absolute atomic E-state index is 0.0832. The molecule has 0 unspecified atom stereocenters. The molecule has 2 aromatic rings. The molecule has 2 aliphatic rings. The fourth-order valence-corrected chi connectivity index (χ4v) is 4.27. The van der Waals surface area contributed by atoms with Crippen LogP contribution in [0.2, 0.25) is 0 Å². The number of anilines is 2. The maximum atomic E-state index is 12.7. The van der Waals surface area contributed by atoms with Gasteiger partial charge >= 0.3 is 0 Å². The number of nitrogens with one attached hydrogen (secondary N) is 1. The summed E-state index contributed by atoms with van der Waals surface area (Å²) in [5.41, 5.74) is 7.10. The van der Waals surface area contributed by atoms with Crippen molar-refractivity contribution in [2.75, 3.05) is 18.4 Å². The molecular weight excluding hydrogens is 371 g/mol. The highest BCUT2D eigenvalue weighted by atomic mass is 19.1. The summed E-state index contributed by atoms with van der Waals surface area (Å²) in [6, 6.07) is 9.63. The van der Waals surface area contributed by atoms with Crippen molar-refractivity contribution in [1.29, 1.82) is 5.26 Å². The third-order valence-corrected chi connectivity index (χ3v) is 6.07. The van der Waals surface area contributed by atoms with Gasteiger partial charge in [-0.3, -0.25) is 9.48 Å². The maximum Gasteiger partial charge on any atom is 0.254 e. The van der Waals surface area contributed by atoms with Gasteiger partial charge in [-0.05, 0) is 56.5 Å². The number of primary amides is 1. The predicted octanol–water partition coefficient (Wildman–Crippen LogP) is 3.13. The van der Waals surface area contributed by atoms with Gasteiger partial charge in [0, 0.05) is 17.9 Å². The van der Waals surface area contributed by atoms with Gasteiger partial charge in [-0.1, -0.05) is 12.1 Å².